The van der Waals surface area contributed by atoms with Gasteiger partial charge in [-0.05, 0) is 30.9 Å². The van der Waals surface area contributed by atoms with Crippen LogP contribution in [0.5, 0.6) is 0 Å². The summed E-state index contributed by atoms with van der Waals surface area (Å²) in [5.41, 5.74) is 5.29. The summed E-state index contributed by atoms with van der Waals surface area (Å²) >= 11 is 0. The normalized spacial score (nSPS) is 21.9. The molecule has 1 atom stereocenters. The van der Waals surface area contributed by atoms with Crippen molar-refractivity contribution in [1.82, 2.24) is 10.4 Å². The molecule has 0 saturated carbocycles. The van der Waals surface area contributed by atoms with Gasteiger partial charge in [0.1, 0.15) is 0 Å². The molecule has 0 fully saturated rings. The monoisotopic (exact) mass is 163 g/mol. The van der Waals surface area contributed by atoms with Gasteiger partial charge in [0.2, 0.25) is 0 Å². The van der Waals surface area contributed by atoms with Crippen LogP contribution in [-0.4, -0.2) is 4.98 Å². The maximum Gasteiger partial charge on any atom is 0.0478 e. The highest BCUT2D eigenvalue weighted by Gasteiger charge is 2.18. The predicted molar refractivity (Wildman–Crippen MR) is 47.2 cm³/mol. The van der Waals surface area contributed by atoms with E-state index >= 15 is 0 Å². The van der Waals surface area contributed by atoms with E-state index in [1.165, 1.54) is 17.7 Å². The molecule has 0 spiro atoms. The van der Waals surface area contributed by atoms with E-state index in [1.807, 2.05) is 12.3 Å². The lowest BCUT2D eigenvalue weighted by Crippen LogP contribution is -2.30. The molecule has 0 radical (unpaired) electrons. The van der Waals surface area contributed by atoms with Crippen molar-refractivity contribution in [3.63, 3.8) is 0 Å². The first-order valence-corrected chi connectivity index (χ1v) is 4.31. The highest BCUT2D eigenvalue weighted by Crippen LogP contribution is 2.26. The maximum absolute atomic E-state index is 5.44. The Morgan fingerprint density at radius 1 is 1.58 bits per heavy atom. The second-order valence-electron chi connectivity index (χ2n) is 3.15. The zero-order valence-electron chi connectivity index (χ0n) is 6.96. The largest absolute Gasteiger partial charge is 0.271 e. The SMILES string of the molecule is NNC1CCCc2ncccc21. The van der Waals surface area contributed by atoms with Crippen molar-refractivity contribution < 1.29 is 0 Å². The van der Waals surface area contributed by atoms with Crippen LogP contribution in [0.1, 0.15) is 30.1 Å². The number of fused-ring (bicyclic) bond motifs is 1. The Morgan fingerprint density at radius 3 is 3.33 bits per heavy atom. The molecule has 1 aromatic heterocycles. The van der Waals surface area contributed by atoms with E-state index in [-0.39, 0.29) is 0 Å². The molecule has 3 heteroatoms. The summed E-state index contributed by atoms with van der Waals surface area (Å²) in [5.74, 6) is 5.44. The Labute approximate surface area is 72.0 Å². The lowest BCUT2D eigenvalue weighted by molar-refractivity contribution is 0.466. The number of hydrogen-bond donors (Lipinski definition) is 2. The predicted octanol–water partition coefficient (Wildman–Crippen LogP) is 0.922. The Hall–Kier alpha value is -0.930. The van der Waals surface area contributed by atoms with Gasteiger partial charge >= 0.3 is 0 Å². The average Bonchev–Trinajstić information content (AvgIpc) is 2.17. The van der Waals surface area contributed by atoms with Gasteiger partial charge in [0.25, 0.3) is 0 Å². The number of nitrogens with one attached hydrogen (secondary N) is 1. The molecule has 1 aromatic rings. The molecule has 1 aliphatic rings. The Morgan fingerprint density at radius 2 is 2.50 bits per heavy atom. The van der Waals surface area contributed by atoms with Crippen molar-refractivity contribution in [1.29, 1.82) is 0 Å². The smallest absolute Gasteiger partial charge is 0.0478 e. The number of pyridine rings is 1. The van der Waals surface area contributed by atoms with Crippen LogP contribution in [0.4, 0.5) is 0 Å². The minimum Gasteiger partial charge on any atom is -0.271 e. The summed E-state index contributed by atoms with van der Waals surface area (Å²) in [5, 5.41) is 0. The molecular formula is C9H13N3. The van der Waals surface area contributed by atoms with Gasteiger partial charge in [0, 0.05) is 17.9 Å². The van der Waals surface area contributed by atoms with Crippen molar-refractivity contribution in [2.24, 2.45) is 5.84 Å². The standard InChI is InChI=1S/C9H13N3/c10-12-9-5-1-4-8-7(9)3-2-6-11-8/h2-3,6,9,12H,1,4-5,10H2. The first-order valence-electron chi connectivity index (χ1n) is 4.31. The number of nitrogens with zero attached hydrogens (tertiary/aromatic N) is 1. The van der Waals surface area contributed by atoms with Crippen molar-refractivity contribution >= 4 is 0 Å². The molecule has 3 N–H and O–H groups in total. The van der Waals surface area contributed by atoms with Crippen LogP contribution in [0, 0.1) is 0 Å². The second-order valence-corrected chi connectivity index (χ2v) is 3.15. The number of aryl methyl sites for hydroxylation is 1. The first-order chi connectivity index (χ1) is 5.92. The zero-order chi connectivity index (χ0) is 8.39. The van der Waals surface area contributed by atoms with Gasteiger partial charge in [-0.15, -0.1) is 0 Å². The van der Waals surface area contributed by atoms with E-state index < -0.39 is 0 Å². The lowest BCUT2D eigenvalue weighted by atomic mass is 9.92. The van der Waals surface area contributed by atoms with Crippen LogP contribution in [-0.2, 0) is 6.42 Å². The van der Waals surface area contributed by atoms with E-state index in [9.17, 15) is 0 Å². The van der Waals surface area contributed by atoms with E-state index in [4.69, 9.17) is 5.84 Å². The van der Waals surface area contributed by atoms with E-state index in [0.29, 0.717) is 6.04 Å². The molecule has 1 unspecified atom stereocenters. The summed E-state index contributed by atoms with van der Waals surface area (Å²) in [7, 11) is 0. The van der Waals surface area contributed by atoms with Crippen LogP contribution in [0.2, 0.25) is 0 Å². The van der Waals surface area contributed by atoms with Crippen LogP contribution in [0.3, 0.4) is 0 Å². The van der Waals surface area contributed by atoms with E-state index in [1.54, 1.807) is 0 Å². The van der Waals surface area contributed by atoms with Crippen molar-refractivity contribution in [3.8, 4) is 0 Å². The number of hydrazine groups is 1. The van der Waals surface area contributed by atoms with Gasteiger partial charge in [0.15, 0.2) is 0 Å². The van der Waals surface area contributed by atoms with Gasteiger partial charge in [-0.2, -0.15) is 0 Å². The Balaban J connectivity index is 2.37. The maximum atomic E-state index is 5.44. The second kappa shape index (κ2) is 3.21. The first kappa shape index (κ1) is 7.71. The Kier molecular flexibility index (Phi) is 2.06. The molecule has 12 heavy (non-hydrogen) atoms. The molecule has 1 aliphatic carbocycles. The lowest BCUT2D eigenvalue weighted by Gasteiger charge is -2.23. The topological polar surface area (TPSA) is 50.9 Å². The molecule has 0 aromatic carbocycles. The molecule has 64 valence electrons. The zero-order valence-corrected chi connectivity index (χ0v) is 6.96. The van der Waals surface area contributed by atoms with Crippen LogP contribution < -0.4 is 11.3 Å². The summed E-state index contributed by atoms with van der Waals surface area (Å²) in [6, 6.07) is 4.38. The summed E-state index contributed by atoms with van der Waals surface area (Å²) < 4.78 is 0. The minimum atomic E-state index is 0.308. The van der Waals surface area contributed by atoms with Gasteiger partial charge < -0.3 is 0 Å². The molecular weight excluding hydrogens is 150 g/mol. The van der Waals surface area contributed by atoms with E-state index in [2.05, 4.69) is 16.5 Å². The van der Waals surface area contributed by atoms with Crippen molar-refractivity contribution in [2.45, 2.75) is 25.3 Å². The quantitative estimate of drug-likeness (QED) is 0.478. The van der Waals surface area contributed by atoms with Gasteiger partial charge in [0.05, 0.1) is 0 Å². The third kappa shape index (κ3) is 1.21. The van der Waals surface area contributed by atoms with Crippen LogP contribution in [0.25, 0.3) is 0 Å². The number of hydrogen-bond acceptors (Lipinski definition) is 3. The number of rotatable bonds is 1. The van der Waals surface area contributed by atoms with Gasteiger partial charge in [-0.25, -0.2) is 0 Å². The fraction of sp³-hybridized carbons (Fsp3) is 0.444. The summed E-state index contributed by atoms with van der Waals surface area (Å²) in [4.78, 5) is 4.32. The molecule has 0 saturated heterocycles. The highest BCUT2D eigenvalue weighted by atomic mass is 15.2. The Bertz CT molecular complexity index is 272. The fourth-order valence-electron chi connectivity index (χ4n) is 1.78. The summed E-state index contributed by atoms with van der Waals surface area (Å²) in [6.07, 6.45) is 5.24. The fourth-order valence-corrected chi connectivity index (χ4v) is 1.78. The molecule has 0 aliphatic heterocycles. The average molecular weight is 163 g/mol. The minimum absolute atomic E-state index is 0.308. The van der Waals surface area contributed by atoms with Crippen LogP contribution in [0.15, 0.2) is 18.3 Å². The van der Waals surface area contributed by atoms with Crippen LogP contribution >= 0.6 is 0 Å². The van der Waals surface area contributed by atoms with Gasteiger partial charge in [-0.1, -0.05) is 6.07 Å². The third-order valence-electron chi connectivity index (χ3n) is 2.41. The number of aromatic nitrogens is 1. The third-order valence-corrected chi connectivity index (χ3v) is 2.41. The molecule has 3 nitrogen and oxygen atoms in total. The van der Waals surface area contributed by atoms with Crippen molar-refractivity contribution in [2.75, 3.05) is 0 Å². The highest BCUT2D eigenvalue weighted by molar-refractivity contribution is 5.25. The molecule has 0 bridgehead atoms. The number of nitrogens with two attached hydrogens (primary N) is 1. The summed E-state index contributed by atoms with van der Waals surface area (Å²) in [6.45, 7) is 0. The molecule has 2 rings (SSSR count). The van der Waals surface area contributed by atoms with Gasteiger partial charge in [-0.3, -0.25) is 16.3 Å². The van der Waals surface area contributed by atoms with E-state index in [0.717, 1.165) is 12.8 Å². The molecule has 0 amide bonds. The molecule has 1 heterocycles. The van der Waals surface area contributed by atoms with Crippen molar-refractivity contribution in [3.05, 3.63) is 29.6 Å².